The predicted molar refractivity (Wildman–Crippen MR) is 116 cm³/mol. The largest absolute Gasteiger partial charge is 0.309 e. The summed E-state index contributed by atoms with van der Waals surface area (Å²) in [5.74, 6) is 2.51. The molecule has 0 unspecified atom stereocenters. The Bertz CT molecular complexity index is 1060. The van der Waals surface area contributed by atoms with Crippen molar-refractivity contribution in [3.63, 3.8) is 0 Å². The summed E-state index contributed by atoms with van der Waals surface area (Å²) in [6, 6.07) is 7.64. The number of hydrogen-bond acceptors (Lipinski definition) is 4. The van der Waals surface area contributed by atoms with Crippen LogP contribution >= 0.6 is 22.9 Å². The zero-order chi connectivity index (χ0) is 19.1. The topological polar surface area (TPSA) is 49.0 Å². The van der Waals surface area contributed by atoms with E-state index in [9.17, 15) is 4.79 Å². The van der Waals surface area contributed by atoms with Gasteiger partial charge in [-0.25, -0.2) is 4.98 Å². The summed E-state index contributed by atoms with van der Waals surface area (Å²) in [7, 11) is 0. The maximum absolute atomic E-state index is 12.9. The SMILES string of the molecule is O=c1[nH]c(CN2CC[C@@H]3CCCC[C@H]3C2)nc2scc(-c3ccccc3Cl)c12. The highest BCUT2D eigenvalue weighted by atomic mass is 35.5. The molecule has 1 aliphatic heterocycles. The second-order valence-electron chi connectivity index (χ2n) is 8.15. The Kier molecular flexibility index (Phi) is 4.99. The maximum atomic E-state index is 12.9. The van der Waals surface area contributed by atoms with Crippen LogP contribution in [0.5, 0.6) is 0 Å². The molecule has 6 heteroatoms. The van der Waals surface area contributed by atoms with E-state index < -0.39 is 0 Å². The van der Waals surface area contributed by atoms with Crippen LogP contribution in [-0.2, 0) is 6.54 Å². The zero-order valence-electron chi connectivity index (χ0n) is 15.8. The third-order valence-corrected chi connectivity index (χ3v) is 7.61. The van der Waals surface area contributed by atoms with E-state index in [1.165, 1.54) is 43.4 Å². The van der Waals surface area contributed by atoms with E-state index in [-0.39, 0.29) is 5.56 Å². The van der Waals surface area contributed by atoms with Gasteiger partial charge in [-0.1, -0.05) is 49.1 Å². The molecule has 0 radical (unpaired) electrons. The third kappa shape index (κ3) is 3.40. The quantitative estimate of drug-likeness (QED) is 0.632. The van der Waals surface area contributed by atoms with E-state index in [4.69, 9.17) is 16.6 Å². The molecule has 1 saturated heterocycles. The number of likely N-dealkylation sites (tertiary alicyclic amines) is 1. The summed E-state index contributed by atoms with van der Waals surface area (Å²) in [5, 5.41) is 3.29. The van der Waals surface area contributed by atoms with Crippen LogP contribution in [0.15, 0.2) is 34.4 Å². The van der Waals surface area contributed by atoms with Crippen molar-refractivity contribution in [2.75, 3.05) is 13.1 Å². The number of piperidine rings is 1. The molecule has 1 N–H and O–H groups in total. The fourth-order valence-electron chi connectivity index (χ4n) is 4.98. The highest BCUT2D eigenvalue weighted by molar-refractivity contribution is 7.17. The number of halogens is 1. The fraction of sp³-hybridized carbons (Fsp3) is 0.455. The number of thiophene rings is 1. The van der Waals surface area contributed by atoms with Crippen LogP contribution in [0.3, 0.4) is 0 Å². The fourth-order valence-corrected chi connectivity index (χ4v) is 6.17. The molecule has 5 rings (SSSR count). The van der Waals surface area contributed by atoms with Gasteiger partial charge in [0.15, 0.2) is 0 Å². The maximum Gasteiger partial charge on any atom is 0.260 e. The lowest BCUT2D eigenvalue weighted by atomic mass is 9.75. The average molecular weight is 414 g/mol. The van der Waals surface area contributed by atoms with Gasteiger partial charge >= 0.3 is 0 Å². The van der Waals surface area contributed by atoms with E-state index in [0.717, 1.165) is 53.3 Å². The van der Waals surface area contributed by atoms with Gasteiger partial charge in [0.05, 0.1) is 11.9 Å². The number of H-pyrrole nitrogens is 1. The summed E-state index contributed by atoms with van der Waals surface area (Å²) in [4.78, 5) is 24.0. The van der Waals surface area contributed by atoms with Crippen molar-refractivity contribution in [3.8, 4) is 11.1 Å². The molecule has 146 valence electrons. The molecule has 2 aliphatic rings. The van der Waals surface area contributed by atoms with Gasteiger partial charge < -0.3 is 4.98 Å². The Hall–Kier alpha value is -1.69. The zero-order valence-corrected chi connectivity index (χ0v) is 17.4. The molecule has 4 nitrogen and oxygen atoms in total. The Balaban J connectivity index is 1.42. The van der Waals surface area contributed by atoms with Crippen LogP contribution in [0, 0.1) is 11.8 Å². The molecule has 3 heterocycles. The summed E-state index contributed by atoms with van der Waals surface area (Å²) in [6.45, 7) is 2.98. The Morgan fingerprint density at radius 1 is 1.14 bits per heavy atom. The lowest BCUT2D eigenvalue weighted by molar-refractivity contribution is 0.0803. The molecule has 0 amide bonds. The van der Waals surface area contributed by atoms with Gasteiger partial charge in [0.2, 0.25) is 0 Å². The second-order valence-corrected chi connectivity index (χ2v) is 9.42. The van der Waals surface area contributed by atoms with Gasteiger partial charge in [-0.3, -0.25) is 9.69 Å². The standard InChI is InChI=1S/C22H24ClN3OS/c23-18-8-4-3-7-16(18)17-13-28-22-20(17)21(27)24-19(25-22)12-26-10-9-14-5-1-2-6-15(14)11-26/h3-4,7-8,13-15H,1-2,5-6,9-12H2,(H,24,25,27)/t14-,15-/m0/s1. The van der Waals surface area contributed by atoms with Crippen LogP contribution in [0.2, 0.25) is 5.02 Å². The summed E-state index contributed by atoms with van der Waals surface area (Å²) >= 11 is 7.87. The third-order valence-electron chi connectivity index (χ3n) is 6.41. The van der Waals surface area contributed by atoms with Crippen molar-refractivity contribution in [1.82, 2.24) is 14.9 Å². The van der Waals surface area contributed by atoms with Crippen LogP contribution < -0.4 is 5.56 Å². The van der Waals surface area contributed by atoms with Gasteiger partial charge in [-0.15, -0.1) is 11.3 Å². The van der Waals surface area contributed by atoms with Crippen molar-refractivity contribution in [3.05, 3.63) is 50.8 Å². The molecule has 0 spiro atoms. The number of hydrogen-bond donors (Lipinski definition) is 1. The van der Waals surface area contributed by atoms with E-state index in [0.29, 0.717) is 10.4 Å². The number of aromatic amines is 1. The normalized spacial score (nSPS) is 23.0. The lowest BCUT2D eigenvalue weighted by Gasteiger charge is -2.41. The monoisotopic (exact) mass is 413 g/mol. The van der Waals surface area contributed by atoms with E-state index in [1.807, 2.05) is 29.6 Å². The highest BCUT2D eigenvalue weighted by Gasteiger charge is 2.31. The Morgan fingerprint density at radius 2 is 1.96 bits per heavy atom. The molecule has 1 saturated carbocycles. The molecular formula is C22H24ClN3OS. The Morgan fingerprint density at radius 3 is 2.82 bits per heavy atom. The van der Waals surface area contributed by atoms with Gasteiger partial charge in [-0.2, -0.15) is 0 Å². The van der Waals surface area contributed by atoms with Crippen molar-refractivity contribution in [2.45, 2.75) is 38.6 Å². The molecule has 2 aromatic heterocycles. The van der Waals surface area contributed by atoms with Crippen molar-refractivity contribution in [1.29, 1.82) is 0 Å². The first kappa shape index (κ1) is 18.3. The minimum atomic E-state index is -0.0660. The average Bonchev–Trinajstić information content (AvgIpc) is 3.12. The van der Waals surface area contributed by atoms with Crippen LogP contribution in [0.25, 0.3) is 21.3 Å². The van der Waals surface area contributed by atoms with Crippen LogP contribution in [0.4, 0.5) is 0 Å². The number of rotatable bonds is 3. The van der Waals surface area contributed by atoms with Crippen LogP contribution in [-0.4, -0.2) is 28.0 Å². The predicted octanol–water partition coefficient (Wildman–Crippen LogP) is 5.32. The number of aromatic nitrogens is 2. The molecule has 0 bridgehead atoms. The number of nitrogens with one attached hydrogen (secondary N) is 1. The number of nitrogens with zero attached hydrogens (tertiary/aromatic N) is 2. The summed E-state index contributed by atoms with van der Waals surface area (Å²) in [5.41, 5.74) is 1.69. The minimum Gasteiger partial charge on any atom is -0.309 e. The summed E-state index contributed by atoms with van der Waals surface area (Å²) in [6.07, 6.45) is 6.82. The summed E-state index contributed by atoms with van der Waals surface area (Å²) < 4.78 is 0. The van der Waals surface area contributed by atoms with E-state index in [1.54, 1.807) is 0 Å². The minimum absolute atomic E-state index is 0.0660. The van der Waals surface area contributed by atoms with E-state index >= 15 is 0 Å². The number of fused-ring (bicyclic) bond motifs is 2. The van der Waals surface area contributed by atoms with Gasteiger partial charge in [-0.05, 0) is 37.3 Å². The van der Waals surface area contributed by atoms with Gasteiger partial charge in [0.1, 0.15) is 10.7 Å². The van der Waals surface area contributed by atoms with Crippen molar-refractivity contribution in [2.24, 2.45) is 11.8 Å². The molecule has 2 atom stereocenters. The number of benzene rings is 1. The van der Waals surface area contributed by atoms with Crippen LogP contribution in [0.1, 0.15) is 37.9 Å². The van der Waals surface area contributed by atoms with Gasteiger partial charge in [0.25, 0.3) is 5.56 Å². The highest BCUT2D eigenvalue weighted by Crippen LogP contribution is 2.37. The smallest absolute Gasteiger partial charge is 0.260 e. The molecule has 3 aromatic rings. The second kappa shape index (κ2) is 7.62. The molecule has 1 aromatic carbocycles. The first-order valence-electron chi connectivity index (χ1n) is 10.2. The molecule has 28 heavy (non-hydrogen) atoms. The van der Waals surface area contributed by atoms with Gasteiger partial charge in [0, 0.05) is 28.1 Å². The van der Waals surface area contributed by atoms with Crippen molar-refractivity contribution < 1.29 is 0 Å². The lowest BCUT2D eigenvalue weighted by Crippen LogP contribution is -2.41. The molecular weight excluding hydrogens is 390 g/mol. The first-order chi connectivity index (χ1) is 13.7. The molecule has 1 aliphatic carbocycles. The first-order valence-corrected chi connectivity index (χ1v) is 11.4. The molecule has 2 fully saturated rings. The van der Waals surface area contributed by atoms with E-state index in [2.05, 4.69) is 9.88 Å². The Labute approximate surface area is 173 Å². The van der Waals surface area contributed by atoms with Crippen molar-refractivity contribution >= 4 is 33.2 Å².